The van der Waals surface area contributed by atoms with Gasteiger partial charge in [-0.05, 0) is 75.7 Å². The third-order valence-electron chi connectivity index (χ3n) is 5.80. The van der Waals surface area contributed by atoms with Crippen LogP contribution in [0.1, 0.15) is 51.4 Å². The summed E-state index contributed by atoms with van der Waals surface area (Å²) >= 11 is 0. The van der Waals surface area contributed by atoms with Crippen LogP contribution in [0.5, 0.6) is 0 Å². The maximum Gasteiger partial charge on any atom is 0.237 e. The SMILES string of the molecule is O=C(NC12CC3CC(CC(C3)C1)C2)C1CCCN1. The molecule has 1 atom stereocenters. The summed E-state index contributed by atoms with van der Waals surface area (Å²) in [6.45, 7) is 1.01. The molecule has 3 nitrogen and oxygen atoms in total. The van der Waals surface area contributed by atoms with Crippen molar-refractivity contribution in [3.63, 3.8) is 0 Å². The fourth-order valence-electron chi connectivity index (χ4n) is 5.52. The van der Waals surface area contributed by atoms with E-state index in [4.69, 9.17) is 0 Å². The van der Waals surface area contributed by atoms with E-state index in [1.807, 2.05) is 0 Å². The number of carbonyl (C=O) groups is 1. The molecule has 0 spiro atoms. The van der Waals surface area contributed by atoms with Gasteiger partial charge in [0.25, 0.3) is 0 Å². The summed E-state index contributed by atoms with van der Waals surface area (Å²) in [5, 5.41) is 6.79. The monoisotopic (exact) mass is 248 g/mol. The summed E-state index contributed by atoms with van der Waals surface area (Å²) in [6, 6.07) is 0.0954. The first-order chi connectivity index (χ1) is 8.72. The fourth-order valence-corrected chi connectivity index (χ4v) is 5.52. The molecule has 5 rings (SSSR count). The van der Waals surface area contributed by atoms with Crippen LogP contribution in [-0.2, 0) is 4.79 Å². The van der Waals surface area contributed by atoms with Gasteiger partial charge in [-0.1, -0.05) is 0 Å². The van der Waals surface area contributed by atoms with Crippen molar-refractivity contribution in [1.82, 2.24) is 10.6 Å². The van der Waals surface area contributed by atoms with Gasteiger partial charge in [0.15, 0.2) is 0 Å². The second-order valence-corrected chi connectivity index (χ2v) is 7.34. The molecule has 1 amide bonds. The maximum absolute atomic E-state index is 12.4. The number of rotatable bonds is 2. The minimum absolute atomic E-state index is 0.0954. The molecule has 3 heteroatoms. The predicted octanol–water partition coefficient (Wildman–Crippen LogP) is 1.82. The summed E-state index contributed by atoms with van der Waals surface area (Å²) in [7, 11) is 0. The first-order valence-electron chi connectivity index (χ1n) is 7.78. The zero-order valence-electron chi connectivity index (χ0n) is 11.1. The van der Waals surface area contributed by atoms with E-state index in [2.05, 4.69) is 10.6 Å². The van der Waals surface area contributed by atoms with Crippen molar-refractivity contribution >= 4 is 5.91 Å². The summed E-state index contributed by atoms with van der Waals surface area (Å²) in [4.78, 5) is 12.4. The molecule has 18 heavy (non-hydrogen) atoms. The highest BCUT2D eigenvalue weighted by atomic mass is 16.2. The zero-order valence-corrected chi connectivity index (χ0v) is 11.1. The molecule has 4 bridgehead atoms. The van der Waals surface area contributed by atoms with Gasteiger partial charge in [-0.25, -0.2) is 0 Å². The molecule has 1 aliphatic heterocycles. The number of carbonyl (C=O) groups excluding carboxylic acids is 1. The van der Waals surface area contributed by atoms with Crippen LogP contribution in [0.15, 0.2) is 0 Å². The second kappa shape index (κ2) is 3.96. The lowest BCUT2D eigenvalue weighted by Gasteiger charge is -2.57. The van der Waals surface area contributed by atoms with Crippen molar-refractivity contribution < 1.29 is 4.79 Å². The lowest BCUT2D eigenvalue weighted by Crippen LogP contribution is -2.61. The highest BCUT2D eigenvalue weighted by Crippen LogP contribution is 2.55. The van der Waals surface area contributed by atoms with Gasteiger partial charge in [0.2, 0.25) is 5.91 Å². The molecular formula is C15H24N2O. The van der Waals surface area contributed by atoms with E-state index in [1.165, 1.54) is 38.5 Å². The van der Waals surface area contributed by atoms with Crippen LogP contribution < -0.4 is 10.6 Å². The largest absolute Gasteiger partial charge is 0.349 e. The summed E-state index contributed by atoms with van der Waals surface area (Å²) in [5.41, 5.74) is 0.191. The number of hydrogen-bond acceptors (Lipinski definition) is 2. The van der Waals surface area contributed by atoms with Crippen molar-refractivity contribution in [2.45, 2.75) is 62.9 Å². The van der Waals surface area contributed by atoms with Gasteiger partial charge >= 0.3 is 0 Å². The van der Waals surface area contributed by atoms with E-state index in [1.54, 1.807) is 0 Å². The number of amides is 1. The Hall–Kier alpha value is -0.570. The topological polar surface area (TPSA) is 41.1 Å². The molecule has 5 fully saturated rings. The molecule has 0 aromatic rings. The molecule has 4 saturated carbocycles. The lowest BCUT2D eigenvalue weighted by molar-refractivity contribution is -0.128. The van der Waals surface area contributed by atoms with E-state index in [0.717, 1.165) is 37.1 Å². The van der Waals surface area contributed by atoms with E-state index in [-0.39, 0.29) is 17.5 Å². The molecule has 0 aromatic heterocycles. The third kappa shape index (κ3) is 1.78. The van der Waals surface area contributed by atoms with E-state index >= 15 is 0 Å². The van der Waals surface area contributed by atoms with Gasteiger partial charge in [-0.2, -0.15) is 0 Å². The molecule has 5 aliphatic rings. The average Bonchev–Trinajstić information content (AvgIpc) is 2.79. The highest BCUT2D eigenvalue weighted by Gasteiger charge is 2.51. The van der Waals surface area contributed by atoms with Crippen molar-refractivity contribution in [1.29, 1.82) is 0 Å². The smallest absolute Gasteiger partial charge is 0.237 e. The van der Waals surface area contributed by atoms with Crippen molar-refractivity contribution in [2.24, 2.45) is 17.8 Å². The van der Waals surface area contributed by atoms with Crippen molar-refractivity contribution in [3.8, 4) is 0 Å². The summed E-state index contributed by atoms with van der Waals surface area (Å²) < 4.78 is 0. The van der Waals surface area contributed by atoms with Gasteiger partial charge in [0, 0.05) is 5.54 Å². The number of hydrogen-bond donors (Lipinski definition) is 2. The first-order valence-corrected chi connectivity index (χ1v) is 7.78. The summed E-state index contributed by atoms with van der Waals surface area (Å²) in [6.07, 6.45) is 10.3. The Labute approximate surface area is 109 Å². The standard InChI is InChI=1S/C15H24N2O/c18-14(13-2-1-3-16-13)17-15-7-10-4-11(8-15)6-12(5-10)9-15/h10-13,16H,1-9H2,(H,17,18). The van der Waals surface area contributed by atoms with E-state index < -0.39 is 0 Å². The Balaban J connectivity index is 1.48. The van der Waals surface area contributed by atoms with Gasteiger partial charge in [-0.15, -0.1) is 0 Å². The van der Waals surface area contributed by atoms with Crippen LogP contribution in [-0.4, -0.2) is 24.0 Å². The Morgan fingerprint density at radius 1 is 1.06 bits per heavy atom. The minimum Gasteiger partial charge on any atom is -0.349 e. The molecule has 4 aliphatic carbocycles. The molecule has 2 N–H and O–H groups in total. The van der Waals surface area contributed by atoms with Crippen LogP contribution in [0.2, 0.25) is 0 Å². The molecule has 0 aromatic carbocycles. The minimum atomic E-state index is 0.0954. The van der Waals surface area contributed by atoms with Gasteiger partial charge < -0.3 is 10.6 Å². The Bertz CT molecular complexity index is 324. The van der Waals surface area contributed by atoms with Crippen LogP contribution in [0.25, 0.3) is 0 Å². The molecule has 0 radical (unpaired) electrons. The molecule has 100 valence electrons. The molecular weight excluding hydrogens is 224 g/mol. The highest BCUT2D eigenvalue weighted by molar-refractivity contribution is 5.82. The maximum atomic E-state index is 12.4. The molecule has 1 saturated heterocycles. The third-order valence-corrected chi connectivity index (χ3v) is 5.80. The van der Waals surface area contributed by atoms with Crippen LogP contribution in [0, 0.1) is 17.8 Å². The molecule has 1 heterocycles. The Morgan fingerprint density at radius 3 is 2.17 bits per heavy atom. The van der Waals surface area contributed by atoms with Crippen molar-refractivity contribution in [2.75, 3.05) is 6.54 Å². The van der Waals surface area contributed by atoms with Crippen LogP contribution >= 0.6 is 0 Å². The van der Waals surface area contributed by atoms with Crippen LogP contribution in [0.4, 0.5) is 0 Å². The Kier molecular flexibility index (Phi) is 2.48. The predicted molar refractivity (Wildman–Crippen MR) is 70.1 cm³/mol. The normalized spacial score (nSPS) is 49.6. The second-order valence-electron chi connectivity index (χ2n) is 7.34. The zero-order chi connectivity index (χ0) is 12.2. The Morgan fingerprint density at radius 2 is 1.67 bits per heavy atom. The van der Waals surface area contributed by atoms with Crippen LogP contribution in [0.3, 0.4) is 0 Å². The fraction of sp³-hybridized carbons (Fsp3) is 0.933. The lowest BCUT2D eigenvalue weighted by atomic mass is 9.53. The van der Waals surface area contributed by atoms with E-state index in [0.29, 0.717) is 0 Å². The van der Waals surface area contributed by atoms with Gasteiger partial charge in [0.1, 0.15) is 0 Å². The molecule has 1 unspecified atom stereocenters. The van der Waals surface area contributed by atoms with Crippen molar-refractivity contribution in [3.05, 3.63) is 0 Å². The first kappa shape index (κ1) is 11.3. The van der Waals surface area contributed by atoms with Gasteiger partial charge in [-0.3, -0.25) is 4.79 Å². The average molecular weight is 248 g/mol. The van der Waals surface area contributed by atoms with E-state index in [9.17, 15) is 4.79 Å². The summed E-state index contributed by atoms with van der Waals surface area (Å²) in [5.74, 6) is 3.02. The van der Waals surface area contributed by atoms with Gasteiger partial charge in [0.05, 0.1) is 6.04 Å². The number of nitrogens with one attached hydrogen (secondary N) is 2. The quantitative estimate of drug-likeness (QED) is 0.782.